The zero-order valence-corrected chi connectivity index (χ0v) is 8.90. The van der Waals surface area contributed by atoms with Gasteiger partial charge in [-0.2, -0.15) is 0 Å². The monoisotopic (exact) mass is 221 g/mol. The van der Waals surface area contributed by atoms with Gasteiger partial charge in [0.2, 0.25) is 0 Å². The number of carbonyl (C=O) groups is 1. The SMILES string of the molecule is C=CCC1(O)C(=O)N(C)c2ccc(F)cc21. The van der Waals surface area contributed by atoms with E-state index in [4.69, 9.17) is 0 Å². The molecule has 3 nitrogen and oxygen atoms in total. The standard InChI is InChI=1S/C12H12FNO2/c1-3-6-12(16)9-7-8(13)4-5-10(9)14(2)11(12)15/h3-5,7,16H,1,6H2,2H3. The number of aliphatic hydroxyl groups is 1. The lowest BCUT2D eigenvalue weighted by atomic mass is 9.92. The maximum Gasteiger partial charge on any atom is 0.263 e. The minimum Gasteiger partial charge on any atom is -0.375 e. The fourth-order valence-corrected chi connectivity index (χ4v) is 2.04. The van der Waals surface area contributed by atoms with E-state index in [0.29, 0.717) is 11.3 Å². The van der Waals surface area contributed by atoms with Crippen LogP contribution >= 0.6 is 0 Å². The van der Waals surface area contributed by atoms with Gasteiger partial charge in [-0.25, -0.2) is 4.39 Å². The smallest absolute Gasteiger partial charge is 0.263 e. The average Bonchev–Trinajstić information content (AvgIpc) is 2.42. The van der Waals surface area contributed by atoms with Crippen LogP contribution in [0.15, 0.2) is 30.9 Å². The molecule has 2 rings (SSSR count). The second-order valence-electron chi connectivity index (χ2n) is 3.88. The van der Waals surface area contributed by atoms with Crippen LogP contribution < -0.4 is 4.90 Å². The van der Waals surface area contributed by atoms with Crippen molar-refractivity contribution in [3.05, 3.63) is 42.2 Å². The van der Waals surface area contributed by atoms with Gasteiger partial charge in [0.1, 0.15) is 5.82 Å². The molecule has 16 heavy (non-hydrogen) atoms. The maximum atomic E-state index is 13.1. The lowest BCUT2D eigenvalue weighted by molar-refractivity contribution is -0.135. The van der Waals surface area contributed by atoms with Crippen LogP contribution in [0.2, 0.25) is 0 Å². The van der Waals surface area contributed by atoms with Gasteiger partial charge in [-0.05, 0) is 18.2 Å². The highest BCUT2D eigenvalue weighted by atomic mass is 19.1. The molecular weight excluding hydrogens is 209 g/mol. The number of nitrogens with zero attached hydrogens (tertiary/aromatic N) is 1. The van der Waals surface area contributed by atoms with Crippen molar-refractivity contribution in [2.24, 2.45) is 0 Å². The summed E-state index contributed by atoms with van der Waals surface area (Å²) in [5.74, 6) is -0.919. The van der Waals surface area contributed by atoms with Crippen LogP contribution in [-0.2, 0) is 10.4 Å². The molecule has 0 aromatic heterocycles. The van der Waals surface area contributed by atoms with Crippen molar-refractivity contribution in [2.45, 2.75) is 12.0 Å². The number of anilines is 1. The summed E-state index contributed by atoms with van der Waals surface area (Å²) in [4.78, 5) is 13.2. The van der Waals surface area contributed by atoms with Gasteiger partial charge in [0, 0.05) is 19.0 Å². The Hall–Kier alpha value is -1.68. The van der Waals surface area contributed by atoms with Crippen LogP contribution in [-0.4, -0.2) is 18.1 Å². The van der Waals surface area contributed by atoms with Crippen LogP contribution in [0.4, 0.5) is 10.1 Å². The quantitative estimate of drug-likeness (QED) is 0.770. The van der Waals surface area contributed by atoms with E-state index < -0.39 is 17.3 Å². The van der Waals surface area contributed by atoms with Gasteiger partial charge >= 0.3 is 0 Å². The van der Waals surface area contributed by atoms with Crippen LogP contribution in [0.1, 0.15) is 12.0 Å². The molecule has 1 N–H and O–H groups in total. The summed E-state index contributed by atoms with van der Waals surface area (Å²) in [5.41, 5.74) is -0.829. The third-order valence-corrected chi connectivity index (χ3v) is 2.86. The molecule has 1 aliphatic rings. The summed E-state index contributed by atoms with van der Waals surface area (Å²) in [5, 5.41) is 10.3. The molecule has 1 aliphatic heterocycles. The number of rotatable bonds is 2. The molecule has 1 atom stereocenters. The largest absolute Gasteiger partial charge is 0.375 e. The first-order valence-corrected chi connectivity index (χ1v) is 4.92. The highest BCUT2D eigenvalue weighted by Crippen LogP contribution is 2.41. The van der Waals surface area contributed by atoms with E-state index in [1.165, 1.54) is 29.2 Å². The van der Waals surface area contributed by atoms with Crippen LogP contribution in [0.5, 0.6) is 0 Å². The van der Waals surface area contributed by atoms with Crippen molar-refractivity contribution >= 4 is 11.6 Å². The average molecular weight is 221 g/mol. The Balaban J connectivity index is 2.63. The fourth-order valence-electron chi connectivity index (χ4n) is 2.04. The van der Waals surface area contributed by atoms with Crippen molar-refractivity contribution < 1.29 is 14.3 Å². The van der Waals surface area contributed by atoms with Gasteiger partial charge in [0.15, 0.2) is 5.60 Å². The number of fused-ring (bicyclic) bond motifs is 1. The summed E-state index contributed by atoms with van der Waals surface area (Å²) < 4.78 is 13.1. The Morgan fingerprint density at radius 3 is 2.94 bits per heavy atom. The normalized spacial score (nSPS) is 23.4. The number of hydrogen-bond donors (Lipinski definition) is 1. The van der Waals surface area contributed by atoms with Crippen LogP contribution in [0.25, 0.3) is 0 Å². The molecule has 0 fully saturated rings. The molecule has 4 heteroatoms. The molecule has 0 saturated heterocycles. The highest BCUT2D eigenvalue weighted by molar-refractivity contribution is 6.06. The van der Waals surface area contributed by atoms with E-state index in [1.807, 2.05) is 0 Å². The van der Waals surface area contributed by atoms with Crippen molar-refractivity contribution in [3.8, 4) is 0 Å². The van der Waals surface area contributed by atoms with Gasteiger partial charge < -0.3 is 10.0 Å². The van der Waals surface area contributed by atoms with Crippen molar-refractivity contribution in [1.29, 1.82) is 0 Å². The number of likely N-dealkylation sites (N-methyl/N-ethyl adjacent to an activating group) is 1. The predicted octanol–water partition coefficient (Wildman–Crippen LogP) is 1.57. The fraction of sp³-hybridized carbons (Fsp3) is 0.250. The molecule has 0 spiro atoms. The Morgan fingerprint density at radius 2 is 2.31 bits per heavy atom. The molecule has 1 amide bonds. The van der Waals surface area contributed by atoms with Crippen LogP contribution in [0, 0.1) is 5.82 Å². The number of benzene rings is 1. The second kappa shape index (κ2) is 3.42. The summed E-state index contributed by atoms with van der Waals surface area (Å²) in [7, 11) is 1.56. The highest BCUT2D eigenvalue weighted by Gasteiger charge is 2.47. The molecule has 0 aliphatic carbocycles. The summed E-state index contributed by atoms with van der Waals surface area (Å²) in [6, 6.07) is 3.95. The molecule has 0 radical (unpaired) electrons. The maximum absolute atomic E-state index is 13.1. The van der Waals surface area contributed by atoms with Crippen molar-refractivity contribution in [3.63, 3.8) is 0 Å². The van der Waals surface area contributed by atoms with Gasteiger partial charge in [-0.15, -0.1) is 6.58 Å². The van der Waals surface area contributed by atoms with Crippen molar-refractivity contribution in [2.75, 3.05) is 11.9 Å². The third-order valence-electron chi connectivity index (χ3n) is 2.86. The van der Waals surface area contributed by atoms with Gasteiger partial charge in [0.05, 0.1) is 5.69 Å². The zero-order chi connectivity index (χ0) is 11.9. The van der Waals surface area contributed by atoms with E-state index in [2.05, 4.69) is 6.58 Å². The minimum atomic E-state index is -1.67. The predicted molar refractivity (Wildman–Crippen MR) is 58.5 cm³/mol. The summed E-state index contributed by atoms with van der Waals surface area (Å²) in [6.07, 6.45) is 1.53. The lowest BCUT2D eigenvalue weighted by Crippen LogP contribution is -2.38. The lowest BCUT2D eigenvalue weighted by Gasteiger charge is -2.19. The molecule has 1 heterocycles. The first-order valence-electron chi connectivity index (χ1n) is 4.92. The van der Waals surface area contributed by atoms with Gasteiger partial charge in [0.25, 0.3) is 5.91 Å². The Bertz CT molecular complexity index is 472. The third kappa shape index (κ3) is 1.27. The Labute approximate surface area is 92.8 Å². The Kier molecular flexibility index (Phi) is 2.31. The van der Waals surface area contributed by atoms with E-state index in [9.17, 15) is 14.3 Å². The molecule has 1 unspecified atom stereocenters. The van der Waals surface area contributed by atoms with E-state index in [-0.39, 0.29) is 6.42 Å². The van der Waals surface area contributed by atoms with E-state index in [0.717, 1.165) is 0 Å². The number of amides is 1. The topological polar surface area (TPSA) is 40.5 Å². The second-order valence-corrected chi connectivity index (χ2v) is 3.88. The molecule has 0 bridgehead atoms. The molecule has 1 aromatic rings. The first-order chi connectivity index (χ1) is 7.50. The van der Waals surface area contributed by atoms with E-state index in [1.54, 1.807) is 7.05 Å². The zero-order valence-electron chi connectivity index (χ0n) is 8.90. The molecular formula is C12H12FNO2. The summed E-state index contributed by atoms with van der Waals surface area (Å²) >= 11 is 0. The minimum absolute atomic E-state index is 0.0760. The number of halogens is 1. The van der Waals surface area contributed by atoms with Gasteiger partial charge in [-0.3, -0.25) is 4.79 Å². The van der Waals surface area contributed by atoms with Gasteiger partial charge in [-0.1, -0.05) is 6.08 Å². The molecule has 0 saturated carbocycles. The summed E-state index contributed by atoms with van der Waals surface area (Å²) in [6.45, 7) is 3.50. The molecule has 1 aromatic carbocycles. The van der Waals surface area contributed by atoms with Crippen LogP contribution in [0.3, 0.4) is 0 Å². The van der Waals surface area contributed by atoms with E-state index >= 15 is 0 Å². The van der Waals surface area contributed by atoms with Crippen molar-refractivity contribution in [1.82, 2.24) is 0 Å². The first kappa shape index (κ1) is 10.8. The molecule has 84 valence electrons. The number of carbonyl (C=O) groups excluding carboxylic acids is 1. The number of hydrogen-bond acceptors (Lipinski definition) is 2. The Morgan fingerprint density at radius 1 is 1.62 bits per heavy atom.